The molecule has 3 aromatic carbocycles. The van der Waals surface area contributed by atoms with Crippen molar-refractivity contribution < 1.29 is 26.5 Å². The van der Waals surface area contributed by atoms with Gasteiger partial charge in [0.1, 0.15) is 11.6 Å². The fourth-order valence-corrected chi connectivity index (χ4v) is 3.66. The number of alkyl halides is 3. The Morgan fingerprint density at radius 1 is 0.968 bits per heavy atom. The molecule has 1 aromatic heterocycles. The van der Waals surface area contributed by atoms with Gasteiger partial charge in [0.2, 0.25) is 5.95 Å². The van der Waals surface area contributed by atoms with Gasteiger partial charge in [0.05, 0.1) is 15.9 Å². The molecule has 31 heavy (non-hydrogen) atoms. The van der Waals surface area contributed by atoms with E-state index in [-0.39, 0.29) is 10.6 Å². The minimum absolute atomic E-state index is 0.0347. The lowest BCUT2D eigenvalue weighted by atomic mass is 10.3. The van der Waals surface area contributed by atoms with Gasteiger partial charge in [0.15, 0.2) is 11.0 Å². The van der Waals surface area contributed by atoms with Gasteiger partial charge >= 0.3 is 6.36 Å². The van der Waals surface area contributed by atoms with E-state index in [0.717, 1.165) is 0 Å². The fraction of sp³-hybridized carbons (Fsp3) is 0.0500. The van der Waals surface area contributed by atoms with E-state index in [9.17, 15) is 21.8 Å². The first-order chi connectivity index (χ1) is 14.8. The highest BCUT2D eigenvalue weighted by Crippen LogP contribution is 2.26. The monoisotopic (exact) mass is 450 g/mol. The van der Waals surface area contributed by atoms with Gasteiger partial charge in [-0.1, -0.05) is 12.1 Å². The van der Waals surface area contributed by atoms with Crippen molar-refractivity contribution in [2.75, 3.05) is 10.0 Å². The van der Waals surface area contributed by atoms with Crippen molar-refractivity contribution in [1.82, 2.24) is 9.97 Å². The second kappa shape index (κ2) is 8.26. The minimum atomic E-state index is -4.75. The molecule has 0 fully saturated rings. The van der Waals surface area contributed by atoms with Crippen LogP contribution in [-0.4, -0.2) is 20.5 Å². The van der Waals surface area contributed by atoms with Crippen LogP contribution in [0.1, 0.15) is 0 Å². The highest BCUT2D eigenvalue weighted by atomic mass is 32.2. The smallest absolute Gasteiger partial charge is 0.406 e. The molecule has 4 rings (SSSR count). The van der Waals surface area contributed by atoms with Crippen LogP contribution in [0.25, 0.3) is 11.0 Å². The average molecular weight is 450 g/mol. The second-order valence-electron chi connectivity index (χ2n) is 6.32. The highest BCUT2D eigenvalue weighted by molar-refractivity contribution is 7.86. The lowest BCUT2D eigenvalue weighted by Gasteiger charge is -2.09. The molecule has 0 saturated carbocycles. The lowest BCUT2D eigenvalue weighted by Crippen LogP contribution is -2.16. The average Bonchev–Trinajstić information content (AvgIpc) is 3.10. The Labute approximate surface area is 175 Å². The number of hydrogen-bond acceptors (Lipinski definition) is 4. The third-order valence-electron chi connectivity index (χ3n) is 4.08. The Bertz CT molecular complexity index is 1240. The predicted molar refractivity (Wildman–Crippen MR) is 109 cm³/mol. The van der Waals surface area contributed by atoms with Gasteiger partial charge in [-0.25, -0.2) is 13.6 Å². The van der Waals surface area contributed by atoms with Crippen molar-refractivity contribution in [2.45, 2.75) is 11.3 Å². The molecule has 0 aliphatic heterocycles. The van der Waals surface area contributed by atoms with Crippen LogP contribution >= 0.6 is 0 Å². The van der Waals surface area contributed by atoms with Crippen LogP contribution in [-0.2, 0) is 11.0 Å². The van der Waals surface area contributed by atoms with Crippen LogP contribution in [0.15, 0.2) is 71.6 Å². The van der Waals surface area contributed by atoms with E-state index in [1.807, 2.05) is 0 Å². The van der Waals surface area contributed by atoms with Gasteiger partial charge in [-0.15, -0.1) is 13.2 Å². The summed E-state index contributed by atoms with van der Waals surface area (Å²) >= 11 is 0. The molecule has 0 aliphatic carbocycles. The summed E-state index contributed by atoms with van der Waals surface area (Å²) in [6.07, 6.45) is -4.75. The molecular weight excluding hydrogens is 436 g/mol. The van der Waals surface area contributed by atoms with E-state index in [0.29, 0.717) is 28.4 Å². The number of imidazole rings is 1. The van der Waals surface area contributed by atoms with Gasteiger partial charge in [-0.2, -0.15) is 0 Å². The van der Waals surface area contributed by atoms with Crippen LogP contribution in [0.2, 0.25) is 0 Å². The first kappa shape index (κ1) is 20.7. The summed E-state index contributed by atoms with van der Waals surface area (Å²) < 4.78 is 69.4. The van der Waals surface area contributed by atoms with Gasteiger partial charge in [-0.05, 0) is 54.6 Å². The molecule has 11 heteroatoms. The number of aromatic amines is 1. The maximum atomic E-state index is 13.8. The van der Waals surface area contributed by atoms with Crippen molar-refractivity contribution in [3.8, 4) is 5.75 Å². The summed E-state index contributed by atoms with van der Waals surface area (Å²) in [6, 6.07) is 15.9. The molecule has 0 radical (unpaired) electrons. The molecule has 0 bridgehead atoms. The van der Waals surface area contributed by atoms with E-state index in [2.05, 4.69) is 24.7 Å². The number of halogens is 4. The summed E-state index contributed by atoms with van der Waals surface area (Å²) in [5, 5.41) is 2.94. The Morgan fingerprint density at radius 2 is 1.68 bits per heavy atom. The Kier molecular flexibility index (Phi) is 5.51. The van der Waals surface area contributed by atoms with Crippen molar-refractivity contribution in [1.29, 1.82) is 0 Å². The summed E-state index contributed by atoms with van der Waals surface area (Å²) in [6.45, 7) is 0. The molecule has 3 N–H and O–H groups in total. The summed E-state index contributed by atoms with van der Waals surface area (Å²) in [5.41, 5.74) is 2.18. The van der Waals surface area contributed by atoms with E-state index in [1.54, 1.807) is 24.3 Å². The van der Waals surface area contributed by atoms with Crippen LogP contribution in [0.4, 0.5) is 34.9 Å². The van der Waals surface area contributed by atoms with Crippen LogP contribution in [0.5, 0.6) is 5.75 Å². The zero-order valence-electron chi connectivity index (χ0n) is 15.5. The number of benzene rings is 3. The first-order valence-corrected chi connectivity index (χ1v) is 9.97. The molecule has 0 saturated heterocycles. The Hall–Kier alpha value is -3.60. The lowest BCUT2D eigenvalue weighted by molar-refractivity contribution is -0.274. The van der Waals surface area contributed by atoms with Gasteiger partial charge in [0, 0.05) is 11.4 Å². The van der Waals surface area contributed by atoms with E-state index in [1.165, 1.54) is 42.5 Å². The number of nitrogens with one attached hydrogen (secondary N) is 3. The maximum Gasteiger partial charge on any atom is 0.573 e. The summed E-state index contributed by atoms with van der Waals surface area (Å²) in [5.74, 6) is -0.554. The number of fused-ring (bicyclic) bond motifs is 1. The topological polar surface area (TPSA) is 79.0 Å². The third-order valence-corrected chi connectivity index (χ3v) is 5.23. The van der Waals surface area contributed by atoms with Crippen LogP contribution in [0, 0.1) is 5.82 Å². The maximum absolute atomic E-state index is 13.8. The van der Waals surface area contributed by atoms with Crippen LogP contribution < -0.4 is 14.8 Å². The minimum Gasteiger partial charge on any atom is -0.406 e. The van der Waals surface area contributed by atoms with Gasteiger partial charge in [-0.3, -0.25) is 0 Å². The standard InChI is InChI=1S/C20H14F4N4O2S/c21-15-3-1-2-4-18(15)31(29)28-13-7-10-16-17(11-13)27-19(26-16)25-12-5-8-14(9-6-12)30-20(22,23)24/h1-11,28H,(H2,25,26,27). The zero-order chi connectivity index (χ0) is 22.0. The number of nitrogens with zero attached hydrogens (tertiary/aromatic N) is 1. The predicted octanol–water partition coefficient (Wildman–Crippen LogP) is 5.48. The number of rotatable bonds is 6. The highest BCUT2D eigenvalue weighted by Gasteiger charge is 2.30. The number of anilines is 3. The van der Waals surface area contributed by atoms with Crippen LogP contribution in [0.3, 0.4) is 0 Å². The zero-order valence-corrected chi connectivity index (χ0v) is 16.4. The Morgan fingerprint density at radius 3 is 2.39 bits per heavy atom. The molecule has 0 aliphatic rings. The molecule has 6 nitrogen and oxygen atoms in total. The molecule has 4 aromatic rings. The first-order valence-electron chi connectivity index (χ1n) is 8.82. The number of H-pyrrole nitrogens is 1. The quantitative estimate of drug-likeness (QED) is 0.340. The van der Waals surface area contributed by atoms with E-state index < -0.39 is 23.2 Å². The SMILES string of the molecule is O=S(Nc1ccc2nc(Nc3ccc(OC(F)(F)F)cc3)[nH]c2c1)c1ccccc1F. The molecule has 0 spiro atoms. The normalized spacial score (nSPS) is 12.5. The molecule has 0 amide bonds. The molecule has 1 heterocycles. The molecular formula is C20H14F4N4O2S. The summed E-state index contributed by atoms with van der Waals surface area (Å²) in [7, 11) is -1.79. The fourth-order valence-electron chi connectivity index (χ4n) is 2.77. The second-order valence-corrected chi connectivity index (χ2v) is 7.50. The van der Waals surface area contributed by atoms with Crippen molar-refractivity contribution in [2.24, 2.45) is 0 Å². The van der Waals surface area contributed by atoms with Crippen molar-refractivity contribution in [3.05, 3.63) is 72.5 Å². The Balaban J connectivity index is 1.47. The number of aromatic nitrogens is 2. The molecule has 1 atom stereocenters. The van der Waals surface area contributed by atoms with Gasteiger partial charge in [0.25, 0.3) is 0 Å². The largest absolute Gasteiger partial charge is 0.573 e. The molecule has 160 valence electrons. The number of ether oxygens (including phenoxy) is 1. The van der Waals surface area contributed by atoms with Crippen molar-refractivity contribution in [3.63, 3.8) is 0 Å². The summed E-state index contributed by atoms with van der Waals surface area (Å²) in [4.78, 5) is 7.39. The van der Waals surface area contributed by atoms with E-state index >= 15 is 0 Å². The number of hydrogen-bond donors (Lipinski definition) is 3. The van der Waals surface area contributed by atoms with E-state index in [4.69, 9.17) is 0 Å². The van der Waals surface area contributed by atoms with Gasteiger partial charge < -0.3 is 19.8 Å². The molecule has 1 unspecified atom stereocenters. The third kappa shape index (κ3) is 5.12. The van der Waals surface area contributed by atoms with Crippen molar-refractivity contribution >= 4 is 39.3 Å².